The highest BCUT2D eigenvalue weighted by Crippen LogP contribution is 2.45. The Hall–Kier alpha value is -5.05. The molecule has 2 heterocycles. The number of hydrogen-bond acceptors (Lipinski definition) is 10. The molecule has 0 spiro atoms. The van der Waals surface area contributed by atoms with Gasteiger partial charge in [-0.3, -0.25) is 19.1 Å². The van der Waals surface area contributed by atoms with Gasteiger partial charge in [0, 0.05) is 17.9 Å². The molecule has 2 saturated carbocycles. The fourth-order valence-corrected chi connectivity index (χ4v) is 8.01. The lowest BCUT2D eigenvalue weighted by Crippen LogP contribution is -2.60. The predicted molar refractivity (Wildman–Crippen MR) is 201 cm³/mol. The lowest BCUT2D eigenvalue weighted by Gasteiger charge is -2.36. The summed E-state index contributed by atoms with van der Waals surface area (Å²) in [7, 11) is -3.91. The summed E-state index contributed by atoms with van der Waals surface area (Å²) in [6, 6.07) is 14.4. The van der Waals surface area contributed by atoms with Crippen LogP contribution in [0, 0.1) is 11.3 Å². The number of nitrogens with zero attached hydrogens (tertiary/aromatic N) is 3. The van der Waals surface area contributed by atoms with Crippen LogP contribution in [0.25, 0.3) is 22.3 Å². The van der Waals surface area contributed by atoms with Crippen molar-refractivity contribution in [3.63, 3.8) is 0 Å². The molecule has 3 aromatic rings. The minimum Gasteiger partial charge on any atom is -0.472 e. The Morgan fingerprint density at radius 2 is 1.65 bits per heavy atom. The number of rotatable bonds is 11. The van der Waals surface area contributed by atoms with Gasteiger partial charge < -0.3 is 25.0 Å². The molecule has 6 rings (SSSR count). The first-order valence-corrected chi connectivity index (χ1v) is 19.7. The quantitative estimate of drug-likeness (QED) is 0.239. The van der Waals surface area contributed by atoms with E-state index in [1.807, 2.05) is 54.6 Å². The Morgan fingerprint density at radius 1 is 0.981 bits per heavy atom. The maximum Gasteiger partial charge on any atom is 0.408 e. The first-order chi connectivity index (χ1) is 25.3. The van der Waals surface area contributed by atoms with Crippen molar-refractivity contribution < 1.29 is 37.1 Å². The molecule has 288 valence electrons. The van der Waals surface area contributed by atoms with Crippen molar-refractivity contribution in [1.29, 1.82) is 0 Å². The molecular weight excluding hydrogens is 713 g/mol. The zero-order valence-corrected chi connectivity index (χ0v) is 32.2. The molecule has 1 aromatic heterocycles. The minimum atomic E-state index is -3.91. The van der Waals surface area contributed by atoms with Crippen LogP contribution in [0.3, 0.4) is 0 Å². The van der Waals surface area contributed by atoms with Crippen LogP contribution in [-0.2, 0) is 29.1 Å². The van der Waals surface area contributed by atoms with E-state index in [0.717, 1.165) is 5.56 Å². The summed E-state index contributed by atoms with van der Waals surface area (Å²) >= 11 is 0. The Morgan fingerprint density at radius 3 is 2.26 bits per heavy atom. The number of ether oxygens (including phenoxy) is 2. The number of likely N-dealkylation sites (tertiary alicyclic amines) is 1. The van der Waals surface area contributed by atoms with Crippen LogP contribution in [-0.4, -0.2) is 88.2 Å². The van der Waals surface area contributed by atoms with E-state index in [2.05, 4.69) is 21.9 Å². The van der Waals surface area contributed by atoms with Crippen molar-refractivity contribution in [3.8, 4) is 17.3 Å². The van der Waals surface area contributed by atoms with Crippen molar-refractivity contribution in [3.05, 3.63) is 67.3 Å². The number of carbonyl (C=O) groups excluding carboxylic acids is 4. The molecule has 14 nitrogen and oxygen atoms in total. The molecule has 2 aromatic carbocycles. The first kappa shape index (κ1) is 38.7. The van der Waals surface area contributed by atoms with Gasteiger partial charge in [-0.2, -0.15) is 4.98 Å². The maximum absolute atomic E-state index is 14.6. The normalized spacial score (nSPS) is 23.2. The zero-order valence-electron chi connectivity index (χ0n) is 31.4. The van der Waals surface area contributed by atoms with Crippen LogP contribution < -0.4 is 20.1 Å². The van der Waals surface area contributed by atoms with Crippen molar-refractivity contribution >= 4 is 44.7 Å². The largest absolute Gasteiger partial charge is 0.472 e. The SMILES string of the molecule is C=C[C@@H]1C[C@]1(NC(=O)[C@@H]1C[C@@H](Oc2nc(-c3ccccc3)nc3ccccc23)CN1C(=O)[C@@H](NC(=O)OC(C)(C)C)C(C)(C)C)C(=O)NS(=O)(=O)C1CC1. The number of benzene rings is 2. The lowest BCUT2D eigenvalue weighted by molar-refractivity contribution is -0.143. The fourth-order valence-electron chi connectivity index (χ4n) is 6.65. The molecule has 0 bridgehead atoms. The monoisotopic (exact) mass is 760 g/mol. The van der Waals surface area contributed by atoms with Gasteiger partial charge in [-0.25, -0.2) is 18.2 Å². The minimum absolute atomic E-state index is 0.00327. The summed E-state index contributed by atoms with van der Waals surface area (Å²) in [6.45, 7) is 14.2. The molecule has 0 unspecified atom stereocenters. The standard InChI is InChI=1S/C39H48N6O8S/c1-8-24-21-39(24,35(48)44-54(50,51)26-18-19-26)43-32(46)29-20-25(22-45(29)34(47)30(37(2,3)4)41-36(49)53-38(5,6)7)52-33-27-16-12-13-17-28(27)40-31(42-33)23-14-10-9-11-15-23/h8-17,24-26,29-30H,1,18-22H2,2-7H3,(H,41,49)(H,43,46)(H,44,48)/t24-,25-,29+,30-,39-/m1/s1. The zero-order chi connectivity index (χ0) is 39.2. The van der Waals surface area contributed by atoms with E-state index in [-0.39, 0.29) is 25.3 Å². The Kier molecular flexibility index (Phi) is 10.2. The molecule has 1 aliphatic heterocycles. The highest BCUT2D eigenvalue weighted by Gasteiger charge is 2.62. The number of aromatic nitrogens is 2. The third kappa shape index (κ3) is 8.35. The van der Waals surface area contributed by atoms with Crippen LogP contribution in [0.2, 0.25) is 0 Å². The summed E-state index contributed by atoms with van der Waals surface area (Å²) in [5, 5.41) is 5.49. The summed E-state index contributed by atoms with van der Waals surface area (Å²) < 4.78 is 39.6. The van der Waals surface area contributed by atoms with Gasteiger partial charge in [0.15, 0.2) is 5.82 Å². The van der Waals surface area contributed by atoms with E-state index in [0.29, 0.717) is 29.6 Å². The molecule has 0 radical (unpaired) electrons. The number of fused-ring (bicyclic) bond motifs is 1. The summed E-state index contributed by atoms with van der Waals surface area (Å²) in [4.78, 5) is 66.3. The molecule has 54 heavy (non-hydrogen) atoms. The van der Waals surface area contributed by atoms with Gasteiger partial charge in [0.05, 0.1) is 22.7 Å². The van der Waals surface area contributed by atoms with Crippen molar-refractivity contribution in [2.75, 3.05) is 6.54 Å². The van der Waals surface area contributed by atoms with E-state index in [4.69, 9.17) is 19.4 Å². The second-order valence-corrected chi connectivity index (χ2v) is 18.3. The van der Waals surface area contributed by atoms with Crippen LogP contribution in [0.5, 0.6) is 5.88 Å². The first-order valence-electron chi connectivity index (χ1n) is 18.1. The van der Waals surface area contributed by atoms with E-state index in [1.54, 1.807) is 41.5 Å². The second-order valence-electron chi connectivity index (χ2n) is 16.3. The van der Waals surface area contributed by atoms with Gasteiger partial charge in [-0.1, -0.05) is 69.3 Å². The highest BCUT2D eigenvalue weighted by molar-refractivity contribution is 7.91. The van der Waals surface area contributed by atoms with Crippen LogP contribution in [0.1, 0.15) is 67.2 Å². The molecule has 5 atom stereocenters. The molecule has 15 heteroatoms. The lowest BCUT2D eigenvalue weighted by atomic mass is 9.85. The number of para-hydroxylation sites is 1. The number of sulfonamides is 1. The van der Waals surface area contributed by atoms with Gasteiger partial charge in [0.2, 0.25) is 27.7 Å². The highest BCUT2D eigenvalue weighted by atomic mass is 32.2. The van der Waals surface area contributed by atoms with Gasteiger partial charge in [-0.05, 0) is 57.6 Å². The van der Waals surface area contributed by atoms with Gasteiger partial charge in [0.25, 0.3) is 5.91 Å². The Bertz CT molecular complexity index is 2080. The predicted octanol–water partition coefficient (Wildman–Crippen LogP) is 4.25. The number of amides is 4. The summed E-state index contributed by atoms with van der Waals surface area (Å²) in [6.07, 6.45) is 0.971. The van der Waals surface area contributed by atoms with E-state index < -0.39 is 79.7 Å². The van der Waals surface area contributed by atoms with Crippen LogP contribution in [0.15, 0.2) is 67.3 Å². The fraction of sp³-hybridized carbons (Fsp3) is 0.487. The molecule has 4 amide bonds. The average Bonchev–Trinajstić information content (AvgIpc) is 4.03. The maximum atomic E-state index is 14.6. The average molecular weight is 761 g/mol. The summed E-state index contributed by atoms with van der Waals surface area (Å²) in [5.74, 6) is -1.95. The molecule has 3 aliphatic rings. The third-order valence-corrected chi connectivity index (χ3v) is 11.6. The number of alkyl carbamates (subject to hydrolysis) is 1. The van der Waals surface area contributed by atoms with E-state index >= 15 is 0 Å². The number of nitrogens with one attached hydrogen (secondary N) is 3. The van der Waals surface area contributed by atoms with Gasteiger partial charge in [0.1, 0.15) is 29.3 Å². The number of carbonyl (C=O) groups is 4. The van der Waals surface area contributed by atoms with Crippen LogP contribution in [0.4, 0.5) is 4.79 Å². The third-order valence-electron chi connectivity index (χ3n) is 9.75. The molecule has 3 fully saturated rings. The Balaban J connectivity index is 1.33. The molecule has 3 N–H and O–H groups in total. The smallest absolute Gasteiger partial charge is 0.408 e. The van der Waals surface area contributed by atoms with E-state index in [9.17, 15) is 27.6 Å². The molecular formula is C39H48N6O8S. The Labute approximate surface area is 315 Å². The molecule has 1 saturated heterocycles. The van der Waals surface area contributed by atoms with Gasteiger partial charge >= 0.3 is 6.09 Å². The topological polar surface area (TPSA) is 186 Å². The van der Waals surface area contributed by atoms with Crippen molar-refractivity contribution in [2.24, 2.45) is 11.3 Å². The number of hydrogen-bond donors (Lipinski definition) is 3. The van der Waals surface area contributed by atoms with Crippen LogP contribution >= 0.6 is 0 Å². The van der Waals surface area contributed by atoms with Crippen molar-refractivity contribution in [1.82, 2.24) is 30.2 Å². The molecule has 2 aliphatic carbocycles. The second kappa shape index (κ2) is 14.3. The van der Waals surface area contributed by atoms with Gasteiger partial charge in [-0.15, -0.1) is 6.58 Å². The van der Waals surface area contributed by atoms with Crippen molar-refractivity contribution in [2.45, 2.75) is 102 Å². The van der Waals surface area contributed by atoms with E-state index in [1.165, 1.54) is 11.0 Å². The summed E-state index contributed by atoms with van der Waals surface area (Å²) in [5.41, 5.74) is -1.83.